The van der Waals surface area contributed by atoms with E-state index in [1.165, 1.54) is 25.7 Å². The first-order valence-corrected chi connectivity index (χ1v) is 8.92. The second-order valence-electron chi connectivity index (χ2n) is 6.05. The van der Waals surface area contributed by atoms with Gasteiger partial charge in [-0.05, 0) is 19.8 Å². The third-order valence-electron chi connectivity index (χ3n) is 4.63. The molecule has 4 nitrogen and oxygen atoms in total. The Hall–Kier alpha value is -0.910. The van der Waals surface area contributed by atoms with Gasteiger partial charge in [-0.15, -0.1) is 11.3 Å². The van der Waals surface area contributed by atoms with E-state index in [2.05, 4.69) is 27.9 Å². The molecule has 1 aliphatic carbocycles. The van der Waals surface area contributed by atoms with Gasteiger partial charge in [0.15, 0.2) is 4.96 Å². The highest BCUT2D eigenvalue weighted by atomic mass is 32.1. The van der Waals surface area contributed by atoms with Crippen molar-refractivity contribution in [2.75, 3.05) is 6.61 Å². The van der Waals surface area contributed by atoms with Gasteiger partial charge in [-0.1, -0.05) is 25.7 Å². The number of rotatable bonds is 5. The fraction of sp³-hybridized carbons (Fsp3) is 0.688. The van der Waals surface area contributed by atoms with Crippen molar-refractivity contribution >= 4 is 16.3 Å². The van der Waals surface area contributed by atoms with Crippen molar-refractivity contribution in [3.05, 3.63) is 23.5 Å². The lowest BCUT2D eigenvalue weighted by molar-refractivity contribution is -0.0684. The van der Waals surface area contributed by atoms with Crippen LogP contribution in [0, 0.1) is 0 Å². The van der Waals surface area contributed by atoms with Gasteiger partial charge >= 0.3 is 0 Å². The predicted molar refractivity (Wildman–Crippen MR) is 86.8 cm³/mol. The summed E-state index contributed by atoms with van der Waals surface area (Å²) >= 11 is 1.66. The molecule has 1 fully saturated rings. The number of nitrogens with zero attached hydrogens (tertiary/aromatic N) is 2. The van der Waals surface area contributed by atoms with Crippen molar-refractivity contribution in [3.63, 3.8) is 0 Å². The van der Waals surface area contributed by atoms with Crippen molar-refractivity contribution in [3.8, 4) is 0 Å². The fourth-order valence-corrected chi connectivity index (χ4v) is 4.24. The minimum Gasteiger partial charge on any atom is -0.374 e. The van der Waals surface area contributed by atoms with Gasteiger partial charge in [-0.2, -0.15) is 0 Å². The molecule has 0 amide bonds. The van der Waals surface area contributed by atoms with Crippen LogP contribution in [0.4, 0.5) is 0 Å². The zero-order valence-electron chi connectivity index (χ0n) is 12.8. The third kappa shape index (κ3) is 3.15. The molecule has 2 N–H and O–H groups in total. The molecule has 5 heteroatoms. The van der Waals surface area contributed by atoms with E-state index in [-0.39, 0.29) is 11.6 Å². The standard InChI is InChI=1S/C16H25N3OS/c1-2-20-16(7-5-3-4-6-8-16)14(17)11-13-12-19-9-10-21-15(19)18-13/h9-10,12,14H,2-8,11,17H2,1H3. The smallest absolute Gasteiger partial charge is 0.193 e. The highest BCUT2D eigenvalue weighted by molar-refractivity contribution is 7.15. The third-order valence-corrected chi connectivity index (χ3v) is 5.40. The average molecular weight is 307 g/mol. The number of thiazole rings is 1. The van der Waals surface area contributed by atoms with E-state index in [1.54, 1.807) is 11.3 Å². The molecule has 0 bridgehead atoms. The number of nitrogens with two attached hydrogens (primary N) is 1. The molecule has 0 saturated heterocycles. The van der Waals surface area contributed by atoms with Crippen LogP contribution >= 0.6 is 11.3 Å². The highest BCUT2D eigenvalue weighted by Crippen LogP contribution is 2.34. The molecule has 0 radical (unpaired) electrons. The minimum absolute atomic E-state index is 0.0279. The summed E-state index contributed by atoms with van der Waals surface area (Å²) in [4.78, 5) is 5.71. The van der Waals surface area contributed by atoms with Crippen molar-refractivity contribution in [2.24, 2.45) is 5.73 Å². The summed E-state index contributed by atoms with van der Waals surface area (Å²) in [6.45, 7) is 2.82. The topological polar surface area (TPSA) is 52.5 Å². The quantitative estimate of drug-likeness (QED) is 0.861. The van der Waals surface area contributed by atoms with Crippen molar-refractivity contribution in [1.29, 1.82) is 0 Å². The summed E-state index contributed by atoms with van der Waals surface area (Å²) in [7, 11) is 0. The number of hydrogen-bond acceptors (Lipinski definition) is 4. The van der Waals surface area contributed by atoms with Crippen LogP contribution in [0.25, 0.3) is 4.96 Å². The molecule has 2 heterocycles. The summed E-state index contributed by atoms with van der Waals surface area (Å²) in [5, 5.41) is 2.05. The SMILES string of the molecule is CCOC1(C(N)Cc2cn3ccsc3n2)CCCCCC1. The second-order valence-corrected chi connectivity index (χ2v) is 6.92. The molecule has 116 valence electrons. The van der Waals surface area contributed by atoms with Gasteiger partial charge in [-0.25, -0.2) is 4.98 Å². The maximum Gasteiger partial charge on any atom is 0.193 e. The van der Waals surface area contributed by atoms with Crippen LogP contribution in [0.1, 0.15) is 51.1 Å². The van der Waals surface area contributed by atoms with Crippen LogP contribution in [0.3, 0.4) is 0 Å². The first-order chi connectivity index (χ1) is 10.2. The Kier molecular flexibility index (Phi) is 4.62. The monoisotopic (exact) mass is 307 g/mol. The lowest BCUT2D eigenvalue weighted by atomic mass is 9.84. The van der Waals surface area contributed by atoms with Gasteiger partial charge in [0.05, 0.1) is 11.3 Å². The maximum atomic E-state index is 6.59. The zero-order valence-corrected chi connectivity index (χ0v) is 13.6. The normalized spacial score (nSPS) is 20.5. The molecule has 2 aromatic rings. The van der Waals surface area contributed by atoms with Gasteiger partial charge in [-0.3, -0.25) is 4.40 Å². The Morgan fingerprint density at radius 3 is 2.81 bits per heavy atom. The molecule has 1 atom stereocenters. The molecule has 1 saturated carbocycles. The Labute approximate surface area is 130 Å². The van der Waals surface area contributed by atoms with Gasteiger partial charge < -0.3 is 10.5 Å². The van der Waals surface area contributed by atoms with Crippen molar-refractivity contribution in [2.45, 2.75) is 63.5 Å². The summed E-state index contributed by atoms with van der Waals surface area (Å²) in [6.07, 6.45) is 12.2. The first kappa shape index (κ1) is 15.0. The number of aromatic nitrogens is 2. The molecular weight excluding hydrogens is 282 g/mol. The van der Waals surface area contributed by atoms with Gasteiger partial charge in [0, 0.05) is 36.8 Å². The minimum atomic E-state index is -0.151. The summed E-state index contributed by atoms with van der Waals surface area (Å²) in [6, 6.07) is 0.0279. The molecule has 0 spiro atoms. The molecule has 1 aliphatic rings. The molecule has 3 rings (SSSR count). The van der Waals surface area contributed by atoms with E-state index in [0.717, 1.165) is 36.5 Å². The Morgan fingerprint density at radius 2 is 2.14 bits per heavy atom. The van der Waals surface area contributed by atoms with Crippen LogP contribution in [0.2, 0.25) is 0 Å². The average Bonchev–Trinajstić information content (AvgIpc) is 2.94. The fourth-order valence-electron chi connectivity index (χ4n) is 3.52. The lowest BCUT2D eigenvalue weighted by Crippen LogP contribution is -2.51. The molecular formula is C16H25N3OS. The van der Waals surface area contributed by atoms with E-state index < -0.39 is 0 Å². The van der Waals surface area contributed by atoms with Crippen LogP contribution in [0.5, 0.6) is 0 Å². The number of imidazole rings is 1. The number of ether oxygens (including phenoxy) is 1. The number of fused-ring (bicyclic) bond motifs is 1. The van der Waals surface area contributed by atoms with Crippen molar-refractivity contribution < 1.29 is 4.74 Å². The highest BCUT2D eigenvalue weighted by Gasteiger charge is 2.38. The van der Waals surface area contributed by atoms with Gasteiger partial charge in [0.1, 0.15) is 0 Å². The second kappa shape index (κ2) is 6.46. The van der Waals surface area contributed by atoms with Gasteiger partial charge in [0.25, 0.3) is 0 Å². The van der Waals surface area contributed by atoms with E-state index >= 15 is 0 Å². The molecule has 1 unspecified atom stereocenters. The zero-order chi connectivity index (χ0) is 14.7. The van der Waals surface area contributed by atoms with Crippen LogP contribution < -0.4 is 5.73 Å². The van der Waals surface area contributed by atoms with E-state index in [0.29, 0.717) is 0 Å². The maximum absolute atomic E-state index is 6.59. The van der Waals surface area contributed by atoms with Gasteiger partial charge in [0.2, 0.25) is 0 Å². The Morgan fingerprint density at radius 1 is 1.38 bits per heavy atom. The van der Waals surface area contributed by atoms with E-state index in [1.807, 2.05) is 6.20 Å². The summed E-state index contributed by atoms with van der Waals surface area (Å²) in [5.74, 6) is 0. The molecule has 0 aliphatic heterocycles. The summed E-state index contributed by atoms with van der Waals surface area (Å²) in [5.41, 5.74) is 7.52. The van der Waals surface area contributed by atoms with E-state index in [9.17, 15) is 0 Å². The Bertz CT molecular complexity index is 540. The first-order valence-electron chi connectivity index (χ1n) is 8.04. The summed E-state index contributed by atoms with van der Waals surface area (Å²) < 4.78 is 8.26. The predicted octanol–water partition coefficient (Wildman–Crippen LogP) is 3.40. The van der Waals surface area contributed by atoms with Crippen LogP contribution in [-0.2, 0) is 11.2 Å². The van der Waals surface area contributed by atoms with Crippen LogP contribution in [-0.4, -0.2) is 27.6 Å². The van der Waals surface area contributed by atoms with Crippen molar-refractivity contribution in [1.82, 2.24) is 9.38 Å². The number of hydrogen-bond donors (Lipinski definition) is 1. The Balaban J connectivity index is 1.76. The van der Waals surface area contributed by atoms with Crippen LogP contribution in [0.15, 0.2) is 17.8 Å². The molecule has 21 heavy (non-hydrogen) atoms. The molecule has 0 aromatic carbocycles. The molecule has 2 aromatic heterocycles. The largest absolute Gasteiger partial charge is 0.374 e. The lowest BCUT2D eigenvalue weighted by Gasteiger charge is -2.38. The van der Waals surface area contributed by atoms with E-state index in [4.69, 9.17) is 10.5 Å².